The Balaban J connectivity index is 2.70. The number of rotatable bonds is 3. The lowest BCUT2D eigenvalue weighted by Gasteiger charge is -2.08. The second-order valence-electron chi connectivity index (χ2n) is 4.13. The normalized spacial score (nSPS) is 10.8. The Morgan fingerprint density at radius 2 is 2.00 bits per heavy atom. The van der Waals surface area contributed by atoms with Gasteiger partial charge in [0.05, 0.1) is 0 Å². The van der Waals surface area contributed by atoms with Gasteiger partial charge >= 0.3 is 0 Å². The molecule has 2 N–H and O–H groups in total. The molecule has 1 aromatic rings. The van der Waals surface area contributed by atoms with Crippen LogP contribution in [0.5, 0.6) is 0 Å². The molecule has 0 aliphatic heterocycles. The third kappa shape index (κ3) is 3.10. The molecule has 0 aromatic heterocycles. The Morgan fingerprint density at radius 3 is 2.62 bits per heavy atom. The molecule has 0 aliphatic carbocycles. The maximum absolute atomic E-state index is 5.88. The van der Waals surface area contributed by atoms with Crippen LogP contribution in [0, 0.1) is 12.8 Å². The number of nitrogens with two attached hydrogens (primary N) is 1. The smallest absolute Gasteiger partial charge is 0.0346 e. The lowest BCUT2D eigenvalue weighted by molar-refractivity contribution is 0.587. The molecule has 1 heteroatoms. The van der Waals surface area contributed by atoms with Crippen LogP contribution in [-0.2, 0) is 6.42 Å². The van der Waals surface area contributed by atoms with Crippen molar-refractivity contribution < 1.29 is 0 Å². The maximum Gasteiger partial charge on any atom is 0.0346 e. The molecular formula is C12H19N. The Kier molecular flexibility index (Phi) is 3.35. The fourth-order valence-electron chi connectivity index (χ4n) is 1.40. The highest BCUT2D eigenvalue weighted by Gasteiger charge is 2.00. The maximum atomic E-state index is 5.88. The molecule has 0 radical (unpaired) electrons. The van der Waals surface area contributed by atoms with Gasteiger partial charge in [-0.15, -0.1) is 0 Å². The van der Waals surface area contributed by atoms with Gasteiger partial charge in [-0.3, -0.25) is 0 Å². The molecule has 72 valence electrons. The van der Waals surface area contributed by atoms with Gasteiger partial charge in [-0.1, -0.05) is 31.5 Å². The summed E-state index contributed by atoms with van der Waals surface area (Å²) in [6.07, 6.45) is 2.32. The minimum atomic E-state index is 0.750. The lowest BCUT2D eigenvalue weighted by Crippen LogP contribution is -1.97. The van der Waals surface area contributed by atoms with Crippen molar-refractivity contribution in [3.8, 4) is 0 Å². The van der Waals surface area contributed by atoms with Crippen LogP contribution in [0.1, 0.15) is 31.4 Å². The zero-order valence-corrected chi connectivity index (χ0v) is 8.80. The van der Waals surface area contributed by atoms with Crippen LogP contribution in [0.3, 0.4) is 0 Å². The molecule has 0 fully saturated rings. The number of hydrogen-bond donors (Lipinski definition) is 1. The van der Waals surface area contributed by atoms with E-state index in [-0.39, 0.29) is 0 Å². The first-order valence-electron chi connectivity index (χ1n) is 4.94. The summed E-state index contributed by atoms with van der Waals surface area (Å²) in [5.74, 6) is 0.750. The predicted molar refractivity (Wildman–Crippen MR) is 58.8 cm³/mol. The summed E-state index contributed by atoms with van der Waals surface area (Å²) in [5, 5.41) is 0. The summed E-state index contributed by atoms with van der Waals surface area (Å²) in [6.45, 7) is 6.59. The highest BCUT2D eigenvalue weighted by molar-refractivity contribution is 5.48. The Bertz CT molecular complexity index is 276. The van der Waals surface area contributed by atoms with Crippen molar-refractivity contribution in [1.29, 1.82) is 0 Å². The van der Waals surface area contributed by atoms with E-state index in [0.29, 0.717) is 0 Å². The van der Waals surface area contributed by atoms with E-state index in [1.807, 2.05) is 6.07 Å². The van der Waals surface area contributed by atoms with Crippen LogP contribution >= 0.6 is 0 Å². The van der Waals surface area contributed by atoms with Gasteiger partial charge in [0, 0.05) is 5.69 Å². The van der Waals surface area contributed by atoms with Crippen molar-refractivity contribution in [3.63, 3.8) is 0 Å². The van der Waals surface area contributed by atoms with Crippen LogP contribution < -0.4 is 5.73 Å². The minimum Gasteiger partial charge on any atom is -0.399 e. The fraction of sp³-hybridized carbons (Fsp3) is 0.500. The Morgan fingerprint density at radius 1 is 1.31 bits per heavy atom. The van der Waals surface area contributed by atoms with Crippen molar-refractivity contribution >= 4 is 5.69 Å². The SMILES string of the molecule is Cc1ccc(N)c(CCC(C)C)c1. The topological polar surface area (TPSA) is 26.0 Å². The summed E-state index contributed by atoms with van der Waals surface area (Å²) >= 11 is 0. The summed E-state index contributed by atoms with van der Waals surface area (Å²) in [7, 11) is 0. The van der Waals surface area contributed by atoms with Crippen LogP contribution in [0.4, 0.5) is 5.69 Å². The minimum absolute atomic E-state index is 0.750. The van der Waals surface area contributed by atoms with E-state index >= 15 is 0 Å². The first kappa shape index (κ1) is 10.1. The monoisotopic (exact) mass is 177 g/mol. The van der Waals surface area contributed by atoms with E-state index in [9.17, 15) is 0 Å². The van der Waals surface area contributed by atoms with Gasteiger partial charge in [0.25, 0.3) is 0 Å². The van der Waals surface area contributed by atoms with Crippen LogP contribution in [0.15, 0.2) is 18.2 Å². The van der Waals surface area contributed by atoms with Gasteiger partial charge in [0.2, 0.25) is 0 Å². The molecule has 1 rings (SSSR count). The number of benzene rings is 1. The second-order valence-corrected chi connectivity index (χ2v) is 4.13. The van der Waals surface area contributed by atoms with Gasteiger partial charge in [-0.05, 0) is 37.3 Å². The zero-order chi connectivity index (χ0) is 9.84. The van der Waals surface area contributed by atoms with Crippen molar-refractivity contribution in [3.05, 3.63) is 29.3 Å². The molecule has 0 atom stereocenters. The van der Waals surface area contributed by atoms with Crippen LogP contribution in [0.25, 0.3) is 0 Å². The number of aryl methyl sites for hydroxylation is 2. The average molecular weight is 177 g/mol. The predicted octanol–water partition coefficient (Wildman–Crippen LogP) is 3.17. The standard InChI is InChI=1S/C12H19N/c1-9(2)4-6-11-8-10(3)5-7-12(11)13/h5,7-9H,4,6,13H2,1-3H3. The highest BCUT2D eigenvalue weighted by Crippen LogP contribution is 2.17. The van der Waals surface area contributed by atoms with E-state index in [1.54, 1.807) is 0 Å². The first-order chi connectivity index (χ1) is 6.09. The van der Waals surface area contributed by atoms with Crippen molar-refractivity contribution in [2.75, 3.05) is 5.73 Å². The summed E-state index contributed by atoms with van der Waals surface area (Å²) in [4.78, 5) is 0. The second kappa shape index (κ2) is 4.31. The lowest BCUT2D eigenvalue weighted by atomic mass is 10.00. The molecule has 1 nitrogen and oxygen atoms in total. The summed E-state index contributed by atoms with van der Waals surface area (Å²) < 4.78 is 0. The van der Waals surface area contributed by atoms with Gasteiger partial charge < -0.3 is 5.73 Å². The molecular weight excluding hydrogens is 158 g/mol. The van der Waals surface area contributed by atoms with E-state index in [0.717, 1.165) is 18.0 Å². The van der Waals surface area contributed by atoms with E-state index in [1.165, 1.54) is 17.5 Å². The van der Waals surface area contributed by atoms with E-state index in [4.69, 9.17) is 5.73 Å². The average Bonchev–Trinajstić information content (AvgIpc) is 2.06. The molecule has 0 heterocycles. The molecule has 0 amide bonds. The van der Waals surface area contributed by atoms with Gasteiger partial charge in [0.1, 0.15) is 0 Å². The van der Waals surface area contributed by atoms with Gasteiger partial charge in [-0.25, -0.2) is 0 Å². The molecule has 0 aliphatic rings. The van der Waals surface area contributed by atoms with E-state index in [2.05, 4.69) is 32.9 Å². The molecule has 0 saturated heterocycles. The zero-order valence-electron chi connectivity index (χ0n) is 8.80. The highest BCUT2D eigenvalue weighted by atomic mass is 14.6. The van der Waals surface area contributed by atoms with Crippen LogP contribution in [-0.4, -0.2) is 0 Å². The van der Waals surface area contributed by atoms with Crippen molar-refractivity contribution in [2.24, 2.45) is 5.92 Å². The number of anilines is 1. The third-order valence-corrected chi connectivity index (χ3v) is 2.29. The molecule has 0 unspecified atom stereocenters. The molecule has 0 spiro atoms. The van der Waals surface area contributed by atoms with Gasteiger partial charge in [0.15, 0.2) is 0 Å². The summed E-state index contributed by atoms with van der Waals surface area (Å²) in [5.41, 5.74) is 9.41. The number of nitrogen functional groups attached to an aromatic ring is 1. The first-order valence-corrected chi connectivity index (χ1v) is 4.94. The van der Waals surface area contributed by atoms with Crippen LogP contribution in [0.2, 0.25) is 0 Å². The fourth-order valence-corrected chi connectivity index (χ4v) is 1.40. The summed E-state index contributed by atoms with van der Waals surface area (Å²) in [6, 6.07) is 6.26. The quantitative estimate of drug-likeness (QED) is 0.705. The van der Waals surface area contributed by atoms with Gasteiger partial charge in [-0.2, -0.15) is 0 Å². The molecule has 0 bridgehead atoms. The third-order valence-electron chi connectivity index (χ3n) is 2.29. The molecule has 13 heavy (non-hydrogen) atoms. The Hall–Kier alpha value is -0.980. The molecule has 0 saturated carbocycles. The largest absolute Gasteiger partial charge is 0.399 e. The van der Waals surface area contributed by atoms with E-state index < -0.39 is 0 Å². The van der Waals surface area contributed by atoms with Crippen molar-refractivity contribution in [2.45, 2.75) is 33.6 Å². The number of hydrogen-bond acceptors (Lipinski definition) is 1. The molecule has 1 aromatic carbocycles. The Labute approximate surface area is 81.0 Å². The van der Waals surface area contributed by atoms with Crippen molar-refractivity contribution in [1.82, 2.24) is 0 Å².